The molecule has 2 heterocycles. The van der Waals surface area contributed by atoms with Crippen molar-refractivity contribution in [1.29, 1.82) is 0 Å². The number of aryl methyl sites for hydroxylation is 1. The van der Waals surface area contributed by atoms with E-state index < -0.39 is 0 Å². The molecule has 0 saturated carbocycles. The van der Waals surface area contributed by atoms with E-state index in [1.165, 1.54) is 12.8 Å². The van der Waals surface area contributed by atoms with Crippen LogP contribution >= 0.6 is 50.4 Å². The molecule has 0 aromatic carbocycles. The van der Waals surface area contributed by atoms with Gasteiger partial charge in [0.25, 0.3) is 0 Å². The Labute approximate surface area is 140 Å². The Morgan fingerprint density at radius 2 is 1.90 bits per heavy atom. The van der Waals surface area contributed by atoms with E-state index in [1.807, 2.05) is 0 Å². The van der Waals surface area contributed by atoms with Crippen LogP contribution in [0.3, 0.4) is 0 Å². The van der Waals surface area contributed by atoms with Gasteiger partial charge in [0.15, 0.2) is 8.68 Å². The fourth-order valence-corrected chi connectivity index (χ4v) is 6.26. The zero-order valence-electron chi connectivity index (χ0n) is 12.1. The number of unbranched alkanes of at least 4 members (excludes halogenated alkanes) is 1. The van der Waals surface area contributed by atoms with Gasteiger partial charge in [-0.3, -0.25) is 0 Å². The maximum absolute atomic E-state index is 4.72. The van der Waals surface area contributed by atoms with Crippen molar-refractivity contribution in [3.8, 4) is 0 Å². The number of hydrogen-bond acceptors (Lipinski definition) is 6. The van der Waals surface area contributed by atoms with E-state index in [1.54, 1.807) is 34.4 Å². The Bertz CT molecular complexity index is 572. The lowest BCUT2D eigenvalue weighted by molar-refractivity contribution is 0.567. The molecule has 0 saturated heterocycles. The summed E-state index contributed by atoms with van der Waals surface area (Å²) < 4.78 is 3.13. The molecule has 0 aliphatic carbocycles. The van der Waals surface area contributed by atoms with Crippen LogP contribution in [0.15, 0.2) is 12.5 Å². The number of nitrogens with zero attached hydrogens (tertiary/aromatic N) is 3. The van der Waals surface area contributed by atoms with Crippen LogP contribution in [0.25, 0.3) is 0 Å². The first-order valence-electron chi connectivity index (χ1n) is 6.57. The molecule has 0 bridgehead atoms. The zero-order chi connectivity index (χ0) is 14.8. The van der Waals surface area contributed by atoms with Gasteiger partial charge in [-0.25, -0.2) is 4.98 Å². The summed E-state index contributed by atoms with van der Waals surface area (Å²) in [4.78, 5) is 4.72. The highest BCUT2D eigenvalue weighted by atomic mass is 79.9. The molecule has 7 heteroatoms. The molecule has 0 N–H and O–H groups in total. The van der Waals surface area contributed by atoms with Crippen LogP contribution in [0.5, 0.6) is 0 Å². The van der Waals surface area contributed by atoms with Crippen molar-refractivity contribution < 1.29 is 0 Å². The molecular formula is C13H18BrN3S3. The van der Waals surface area contributed by atoms with Crippen LogP contribution in [-0.4, -0.2) is 15.2 Å². The monoisotopic (exact) mass is 391 g/mol. The van der Waals surface area contributed by atoms with Crippen molar-refractivity contribution in [3.05, 3.63) is 14.5 Å². The van der Waals surface area contributed by atoms with Gasteiger partial charge in [-0.05, 0) is 34.1 Å². The average Bonchev–Trinajstić information content (AvgIpc) is 2.93. The van der Waals surface area contributed by atoms with Crippen molar-refractivity contribution in [2.75, 3.05) is 0 Å². The smallest absolute Gasteiger partial charge is 0.181 e. The predicted molar refractivity (Wildman–Crippen MR) is 91.2 cm³/mol. The lowest BCUT2D eigenvalue weighted by Gasteiger charge is -2.15. The van der Waals surface area contributed by atoms with Gasteiger partial charge < -0.3 is 0 Å². The first kappa shape index (κ1) is 16.4. The highest BCUT2D eigenvalue weighted by Gasteiger charge is 2.22. The van der Waals surface area contributed by atoms with Gasteiger partial charge in [0.2, 0.25) is 0 Å². The third kappa shape index (κ3) is 4.26. The molecule has 0 spiro atoms. The molecule has 3 nitrogen and oxygen atoms in total. The van der Waals surface area contributed by atoms with E-state index in [2.05, 4.69) is 53.8 Å². The quantitative estimate of drug-likeness (QED) is 0.669. The van der Waals surface area contributed by atoms with Gasteiger partial charge in [0.05, 0.1) is 9.48 Å². The van der Waals surface area contributed by atoms with Gasteiger partial charge in [0, 0.05) is 11.8 Å². The molecule has 20 heavy (non-hydrogen) atoms. The topological polar surface area (TPSA) is 38.7 Å². The number of halogens is 1. The normalized spacial score (nSPS) is 12.1. The summed E-state index contributed by atoms with van der Waals surface area (Å²) in [5.41, 5.74) is 1.17. The summed E-state index contributed by atoms with van der Waals surface area (Å²) in [5, 5.41) is 9.61. The van der Waals surface area contributed by atoms with Crippen molar-refractivity contribution in [2.45, 2.75) is 61.1 Å². The Balaban J connectivity index is 2.08. The van der Waals surface area contributed by atoms with Crippen LogP contribution in [0, 0.1) is 0 Å². The molecule has 0 fully saturated rings. The highest BCUT2D eigenvalue weighted by molar-refractivity contribution is 9.11. The molecule has 2 rings (SSSR count). The molecule has 0 radical (unpaired) electrons. The third-order valence-electron chi connectivity index (χ3n) is 2.64. The molecular weight excluding hydrogens is 374 g/mol. The summed E-state index contributed by atoms with van der Waals surface area (Å²) in [5.74, 6) is 0. The fourth-order valence-electron chi connectivity index (χ4n) is 1.57. The molecule has 0 aliphatic rings. The van der Waals surface area contributed by atoms with Crippen molar-refractivity contribution in [1.82, 2.24) is 15.2 Å². The van der Waals surface area contributed by atoms with E-state index >= 15 is 0 Å². The Morgan fingerprint density at radius 3 is 2.50 bits per heavy atom. The minimum absolute atomic E-state index is 0.0571. The first-order chi connectivity index (χ1) is 9.40. The SMILES string of the molecule is CCCCc1nnc(Sc2nc(C(C)(C)C)c(Br)s2)s1. The second-order valence-corrected chi connectivity index (χ2v) is 10.4. The Kier molecular flexibility index (Phi) is 5.62. The first-order valence-corrected chi connectivity index (χ1v) is 9.81. The van der Waals surface area contributed by atoms with Gasteiger partial charge in [-0.15, -0.1) is 10.2 Å². The number of hydrogen-bond donors (Lipinski definition) is 0. The second-order valence-electron chi connectivity index (χ2n) is 5.52. The molecule has 2 aromatic rings. The molecule has 0 atom stereocenters. The summed E-state index contributed by atoms with van der Waals surface area (Å²) in [6, 6.07) is 0. The minimum atomic E-state index is 0.0571. The lowest BCUT2D eigenvalue weighted by Crippen LogP contribution is -2.12. The summed E-state index contributed by atoms with van der Waals surface area (Å²) in [6.07, 6.45) is 3.40. The van der Waals surface area contributed by atoms with E-state index in [-0.39, 0.29) is 5.41 Å². The maximum atomic E-state index is 4.72. The molecule has 0 aliphatic heterocycles. The number of aromatic nitrogens is 3. The van der Waals surface area contributed by atoms with Crippen molar-refractivity contribution in [3.63, 3.8) is 0 Å². The number of rotatable bonds is 5. The van der Waals surface area contributed by atoms with Crippen molar-refractivity contribution in [2.24, 2.45) is 0 Å². The largest absolute Gasteiger partial charge is 0.232 e. The van der Waals surface area contributed by atoms with Crippen LogP contribution < -0.4 is 0 Å². The van der Waals surface area contributed by atoms with Crippen LogP contribution in [0.1, 0.15) is 51.2 Å². The summed E-state index contributed by atoms with van der Waals surface area (Å²) >= 11 is 8.58. The van der Waals surface area contributed by atoms with Gasteiger partial charge in [0.1, 0.15) is 5.01 Å². The highest BCUT2D eigenvalue weighted by Crippen LogP contribution is 2.40. The van der Waals surface area contributed by atoms with Crippen LogP contribution in [0.2, 0.25) is 0 Å². The van der Waals surface area contributed by atoms with Gasteiger partial charge >= 0.3 is 0 Å². The zero-order valence-corrected chi connectivity index (χ0v) is 16.1. The molecule has 110 valence electrons. The van der Waals surface area contributed by atoms with Crippen LogP contribution in [0.4, 0.5) is 0 Å². The van der Waals surface area contributed by atoms with E-state index in [4.69, 9.17) is 4.98 Å². The summed E-state index contributed by atoms with van der Waals surface area (Å²) in [6.45, 7) is 8.72. The molecule has 0 unspecified atom stereocenters. The second kappa shape index (κ2) is 6.85. The Hall–Kier alpha value is 0.0200. The third-order valence-corrected chi connectivity index (χ3v) is 6.44. The minimum Gasteiger partial charge on any atom is -0.232 e. The van der Waals surface area contributed by atoms with E-state index in [0.717, 1.165) is 29.6 Å². The molecule has 2 aromatic heterocycles. The van der Waals surface area contributed by atoms with Crippen molar-refractivity contribution >= 4 is 50.4 Å². The maximum Gasteiger partial charge on any atom is 0.181 e. The predicted octanol–water partition coefficient (Wildman–Crippen LogP) is 5.55. The summed E-state index contributed by atoms with van der Waals surface area (Å²) in [7, 11) is 0. The van der Waals surface area contributed by atoms with E-state index in [0.29, 0.717) is 0 Å². The lowest BCUT2D eigenvalue weighted by atomic mass is 9.93. The Morgan fingerprint density at radius 1 is 1.15 bits per heavy atom. The number of thiazole rings is 1. The van der Waals surface area contributed by atoms with Gasteiger partial charge in [-0.2, -0.15) is 0 Å². The van der Waals surface area contributed by atoms with Crippen LogP contribution in [-0.2, 0) is 11.8 Å². The average molecular weight is 392 g/mol. The van der Waals surface area contributed by atoms with Gasteiger partial charge in [-0.1, -0.05) is 56.8 Å². The standard InChI is InChI=1S/C13H18BrN3S3/c1-5-6-7-8-16-17-12(18-8)20-11-15-9(10(14)19-11)13(2,3)4/h5-7H2,1-4H3. The fraction of sp³-hybridized carbons (Fsp3) is 0.615. The van der Waals surface area contributed by atoms with E-state index in [9.17, 15) is 0 Å². The molecule has 0 amide bonds.